The minimum Gasteiger partial charge on any atom is -0.327 e. The van der Waals surface area contributed by atoms with Gasteiger partial charge in [-0.2, -0.15) is 11.8 Å². The Labute approximate surface area is 121 Å². The highest BCUT2D eigenvalue weighted by molar-refractivity contribution is 8.00. The predicted molar refractivity (Wildman–Crippen MR) is 79.6 cm³/mol. The highest BCUT2D eigenvalue weighted by atomic mass is 35.5. The van der Waals surface area contributed by atoms with Crippen LogP contribution in [0.5, 0.6) is 0 Å². The maximum atomic E-state index is 13.8. The number of halogens is 2. The van der Waals surface area contributed by atoms with Crippen LogP contribution in [0.2, 0.25) is 0 Å². The molecule has 0 radical (unpaired) electrons. The lowest BCUT2D eigenvalue weighted by atomic mass is 10.2. The number of alkyl halides is 1. The maximum Gasteiger partial charge on any atom is 0.151 e. The number of rotatable bonds is 4. The van der Waals surface area contributed by atoms with Gasteiger partial charge in [0.15, 0.2) is 5.82 Å². The second-order valence-corrected chi connectivity index (χ2v) is 6.61. The van der Waals surface area contributed by atoms with Gasteiger partial charge in [0.05, 0.1) is 5.52 Å². The summed E-state index contributed by atoms with van der Waals surface area (Å²) in [5.41, 5.74) is 1.37. The minimum atomic E-state index is -0.244. The molecule has 1 aliphatic heterocycles. The molecule has 2 heterocycles. The molecule has 0 saturated carbocycles. The molecule has 0 aliphatic carbocycles. The molecule has 1 aliphatic rings. The Morgan fingerprint density at radius 2 is 2.37 bits per heavy atom. The molecule has 0 N–H and O–H groups in total. The molecule has 0 spiro atoms. The number of aryl methyl sites for hydroxylation is 1. The lowest BCUT2D eigenvalue weighted by Gasteiger charge is -2.13. The van der Waals surface area contributed by atoms with Crippen molar-refractivity contribution in [1.82, 2.24) is 9.55 Å². The lowest BCUT2D eigenvalue weighted by molar-refractivity contribution is 0.627. The number of fused-ring (bicyclic) bond motifs is 1. The van der Waals surface area contributed by atoms with Crippen LogP contribution < -0.4 is 0 Å². The molecule has 1 atom stereocenters. The van der Waals surface area contributed by atoms with Crippen molar-refractivity contribution >= 4 is 34.4 Å². The summed E-state index contributed by atoms with van der Waals surface area (Å²) in [6.07, 6.45) is 3.20. The summed E-state index contributed by atoms with van der Waals surface area (Å²) in [5, 5.41) is 0.620. The average molecular weight is 299 g/mol. The zero-order valence-corrected chi connectivity index (χ0v) is 12.2. The monoisotopic (exact) mass is 298 g/mol. The van der Waals surface area contributed by atoms with E-state index in [1.54, 1.807) is 6.07 Å². The van der Waals surface area contributed by atoms with Crippen LogP contribution in [0.15, 0.2) is 18.2 Å². The summed E-state index contributed by atoms with van der Waals surface area (Å²) in [6.45, 7) is 0.914. The van der Waals surface area contributed by atoms with Gasteiger partial charge in [-0.3, -0.25) is 0 Å². The zero-order valence-electron chi connectivity index (χ0n) is 10.6. The number of benzene rings is 1. The SMILES string of the molecule is Fc1cccc2c1nc(CCCl)n2CC1CCCS1. The number of imidazole rings is 1. The van der Waals surface area contributed by atoms with Crippen LogP contribution >= 0.6 is 23.4 Å². The maximum absolute atomic E-state index is 13.8. The van der Waals surface area contributed by atoms with Crippen LogP contribution in [-0.4, -0.2) is 26.4 Å². The van der Waals surface area contributed by atoms with Crippen LogP contribution in [-0.2, 0) is 13.0 Å². The van der Waals surface area contributed by atoms with Gasteiger partial charge in [0.25, 0.3) is 0 Å². The number of hydrogen-bond acceptors (Lipinski definition) is 2. The van der Waals surface area contributed by atoms with Crippen molar-refractivity contribution in [2.45, 2.75) is 31.1 Å². The van der Waals surface area contributed by atoms with Crippen molar-refractivity contribution in [2.24, 2.45) is 0 Å². The number of aromatic nitrogens is 2. The first-order valence-corrected chi connectivity index (χ1v) is 8.19. The normalized spacial score (nSPS) is 19.4. The van der Waals surface area contributed by atoms with Gasteiger partial charge in [0.1, 0.15) is 11.3 Å². The molecule has 2 aromatic rings. The smallest absolute Gasteiger partial charge is 0.151 e. The predicted octanol–water partition coefficient (Wildman–Crippen LogP) is 3.85. The molecular formula is C14H16ClFN2S. The Bertz CT molecular complexity index is 578. The molecule has 3 rings (SSSR count). The first kappa shape index (κ1) is 13.3. The number of hydrogen-bond donors (Lipinski definition) is 0. The fourth-order valence-electron chi connectivity index (χ4n) is 2.63. The first-order valence-electron chi connectivity index (χ1n) is 6.61. The van der Waals surface area contributed by atoms with Crippen molar-refractivity contribution < 1.29 is 4.39 Å². The van der Waals surface area contributed by atoms with Gasteiger partial charge in [-0.05, 0) is 30.7 Å². The molecule has 1 fully saturated rings. The van der Waals surface area contributed by atoms with Crippen molar-refractivity contribution in [3.63, 3.8) is 0 Å². The largest absolute Gasteiger partial charge is 0.327 e. The van der Waals surface area contributed by atoms with Crippen LogP contribution in [0.1, 0.15) is 18.7 Å². The van der Waals surface area contributed by atoms with E-state index in [2.05, 4.69) is 9.55 Å². The van der Waals surface area contributed by atoms with Crippen molar-refractivity contribution in [3.8, 4) is 0 Å². The summed E-state index contributed by atoms with van der Waals surface area (Å²) >= 11 is 7.84. The van der Waals surface area contributed by atoms with E-state index in [0.717, 1.165) is 17.9 Å². The highest BCUT2D eigenvalue weighted by Gasteiger charge is 2.20. The van der Waals surface area contributed by atoms with Gasteiger partial charge < -0.3 is 4.57 Å². The standard InChI is InChI=1S/C14H16ClFN2S/c15-7-6-13-17-14-11(16)4-1-5-12(14)18(13)9-10-3-2-8-19-10/h1,4-5,10H,2-3,6-9H2. The summed E-state index contributed by atoms with van der Waals surface area (Å²) < 4.78 is 16.0. The van der Waals surface area contributed by atoms with Gasteiger partial charge in [-0.25, -0.2) is 9.37 Å². The van der Waals surface area contributed by atoms with E-state index in [1.165, 1.54) is 24.7 Å². The Morgan fingerprint density at radius 3 is 3.11 bits per heavy atom. The molecule has 0 bridgehead atoms. The second-order valence-electron chi connectivity index (χ2n) is 4.82. The van der Waals surface area contributed by atoms with E-state index >= 15 is 0 Å². The fraction of sp³-hybridized carbons (Fsp3) is 0.500. The summed E-state index contributed by atoms with van der Waals surface area (Å²) in [4.78, 5) is 4.44. The molecular weight excluding hydrogens is 283 g/mol. The van der Waals surface area contributed by atoms with Crippen molar-refractivity contribution in [1.29, 1.82) is 0 Å². The van der Waals surface area contributed by atoms with E-state index in [9.17, 15) is 4.39 Å². The third-order valence-electron chi connectivity index (χ3n) is 3.54. The van der Waals surface area contributed by atoms with Crippen LogP contribution in [0.3, 0.4) is 0 Å². The Morgan fingerprint density at radius 1 is 1.47 bits per heavy atom. The van der Waals surface area contributed by atoms with Gasteiger partial charge >= 0.3 is 0 Å². The average Bonchev–Trinajstić information content (AvgIpc) is 3.01. The third-order valence-corrected chi connectivity index (χ3v) is 5.11. The molecule has 19 heavy (non-hydrogen) atoms. The van der Waals surface area contributed by atoms with Gasteiger partial charge in [0.2, 0.25) is 0 Å². The fourth-order valence-corrected chi connectivity index (χ4v) is 4.06. The first-order chi connectivity index (χ1) is 9.29. The van der Waals surface area contributed by atoms with Crippen molar-refractivity contribution in [2.75, 3.05) is 11.6 Å². The molecule has 1 aromatic carbocycles. The molecule has 1 aromatic heterocycles. The van der Waals surface area contributed by atoms with Crippen molar-refractivity contribution in [3.05, 3.63) is 29.8 Å². The van der Waals surface area contributed by atoms with E-state index in [1.807, 2.05) is 17.8 Å². The summed E-state index contributed by atoms with van der Waals surface area (Å²) in [5.74, 6) is 2.41. The third kappa shape index (κ3) is 2.61. The van der Waals surface area contributed by atoms with Crippen LogP contribution in [0.25, 0.3) is 11.0 Å². The van der Waals surface area contributed by atoms with E-state index in [0.29, 0.717) is 23.1 Å². The number of thioether (sulfide) groups is 1. The topological polar surface area (TPSA) is 17.8 Å². The number of para-hydroxylation sites is 1. The second kappa shape index (κ2) is 5.71. The summed E-state index contributed by atoms with van der Waals surface area (Å²) in [6, 6.07) is 5.17. The van der Waals surface area contributed by atoms with Gasteiger partial charge in [0, 0.05) is 24.1 Å². The van der Waals surface area contributed by atoms with E-state index in [-0.39, 0.29) is 5.82 Å². The molecule has 2 nitrogen and oxygen atoms in total. The molecule has 5 heteroatoms. The molecule has 1 saturated heterocycles. The van der Waals surface area contributed by atoms with E-state index in [4.69, 9.17) is 11.6 Å². The summed E-state index contributed by atoms with van der Waals surface area (Å²) in [7, 11) is 0. The van der Waals surface area contributed by atoms with Crippen LogP contribution in [0, 0.1) is 5.82 Å². The quantitative estimate of drug-likeness (QED) is 0.798. The Kier molecular flexibility index (Phi) is 3.99. The molecule has 0 amide bonds. The Balaban J connectivity index is 2.02. The zero-order chi connectivity index (χ0) is 13.2. The van der Waals surface area contributed by atoms with Crippen LogP contribution in [0.4, 0.5) is 4.39 Å². The van der Waals surface area contributed by atoms with Gasteiger partial charge in [-0.1, -0.05) is 6.07 Å². The van der Waals surface area contributed by atoms with Gasteiger partial charge in [-0.15, -0.1) is 11.6 Å². The highest BCUT2D eigenvalue weighted by Crippen LogP contribution is 2.29. The lowest BCUT2D eigenvalue weighted by Crippen LogP contribution is -2.13. The minimum absolute atomic E-state index is 0.244. The van der Waals surface area contributed by atoms with E-state index < -0.39 is 0 Å². The Hall–Kier alpha value is -0.740. The number of nitrogens with zero attached hydrogens (tertiary/aromatic N) is 2. The molecule has 102 valence electrons. The molecule has 1 unspecified atom stereocenters.